The Morgan fingerprint density at radius 3 is 2.52 bits per heavy atom. The lowest BCUT2D eigenvalue weighted by atomic mass is 10.1. The lowest BCUT2D eigenvalue weighted by Crippen LogP contribution is -2.31. The molecule has 27 heavy (non-hydrogen) atoms. The average molecular weight is 380 g/mol. The number of aliphatic hydroxyl groups excluding tert-OH is 1. The van der Waals surface area contributed by atoms with E-state index < -0.39 is 38.8 Å². The van der Waals surface area contributed by atoms with Crippen molar-refractivity contribution in [3.63, 3.8) is 0 Å². The number of ether oxygens (including phenoxy) is 1. The van der Waals surface area contributed by atoms with Crippen LogP contribution >= 0.6 is 0 Å². The highest BCUT2D eigenvalue weighted by Gasteiger charge is 2.37. The Hall–Kier alpha value is -3.54. The van der Waals surface area contributed by atoms with Gasteiger partial charge in [-0.05, 0) is 13.0 Å². The fourth-order valence-corrected chi connectivity index (χ4v) is 2.67. The van der Waals surface area contributed by atoms with E-state index in [2.05, 4.69) is 10.1 Å². The van der Waals surface area contributed by atoms with Crippen LogP contribution in [-0.4, -0.2) is 58.5 Å². The predicted molar refractivity (Wildman–Crippen MR) is 90.8 cm³/mol. The molecule has 1 heterocycles. The number of nitrogens with one attached hydrogen (secondary N) is 1. The number of carbonyl (C=O) groups excluding carboxylic acids is 2. The molecule has 144 valence electrons. The molecule has 2 rings (SSSR count). The summed E-state index contributed by atoms with van der Waals surface area (Å²) in [6.07, 6.45) is 0. The minimum Gasteiger partial charge on any atom is -0.466 e. The lowest BCUT2D eigenvalue weighted by Gasteiger charge is -2.15. The molecule has 12 nitrogen and oxygen atoms in total. The number of hydrogen-bond acceptors (Lipinski definition) is 9. The van der Waals surface area contributed by atoms with Crippen molar-refractivity contribution < 1.29 is 29.3 Å². The predicted octanol–water partition coefficient (Wildman–Crippen LogP) is 0.485. The van der Waals surface area contributed by atoms with Gasteiger partial charge >= 0.3 is 11.7 Å². The van der Waals surface area contributed by atoms with E-state index in [1.165, 1.54) is 13.0 Å². The van der Waals surface area contributed by atoms with Crippen molar-refractivity contribution in [2.75, 3.05) is 32.1 Å². The van der Waals surface area contributed by atoms with Crippen molar-refractivity contribution in [1.82, 2.24) is 4.90 Å². The van der Waals surface area contributed by atoms with Crippen LogP contribution in [0, 0.1) is 27.2 Å². The monoisotopic (exact) mass is 380 g/mol. The number of aryl methyl sites for hydroxylation is 1. The summed E-state index contributed by atoms with van der Waals surface area (Å²) in [6, 6.07) is 2.28. The highest BCUT2D eigenvalue weighted by atomic mass is 16.6. The number of nitro groups is 2. The van der Waals surface area contributed by atoms with E-state index >= 15 is 0 Å². The Morgan fingerprint density at radius 2 is 2.00 bits per heavy atom. The van der Waals surface area contributed by atoms with E-state index in [0.717, 1.165) is 18.1 Å². The van der Waals surface area contributed by atoms with Gasteiger partial charge in [-0.3, -0.25) is 25.0 Å². The molecular formula is C15H16N4O8. The molecule has 1 aromatic carbocycles. The van der Waals surface area contributed by atoms with Gasteiger partial charge in [0.05, 0.1) is 35.7 Å². The normalized spacial score (nSPS) is 13.7. The van der Waals surface area contributed by atoms with Crippen LogP contribution in [0.2, 0.25) is 0 Å². The van der Waals surface area contributed by atoms with Crippen LogP contribution in [0.3, 0.4) is 0 Å². The zero-order chi connectivity index (χ0) is 20.3. The van der Waals surface area contributed by atoms with Crippen molar-refractivity contribution in [2.24, 2.45) is 0 Å². The molecule has 1 aliphatic rings. The van der Waals surface area contributed by atoms with Crippen LogP contribution in [0.5, 0.6) is 0 Å². The molecule has 0 saturated carbocycles. The standard InChI is InChI=1S/C15H16N4O8/c1-8-3-4-10(18(23)24)12(13(8)19(25)26)16-11-9(15(22)27-2)7-17(5-6-20)14(11)21/h3-4,16,20H,5-7H2,1-2H3. The Labute approximate surface area is 152 Å². The number of methoxy groups -OCH3 is 1. The second-order valence-electron chi connectivity index (χ2n) is 5.56. The van der Waals surface area contributed by atoms with Gasteiger partial charge < -0.3 is 20.1 Å². The molecule has 1 aliphatic heterocycles. The molecular weight excluding hydrogens is 364 g/mol. The second-order valence-corrected chi connectivity index (χ2v) is 5.56. The number of benzene rings is 1. The van der Waals surface area contributed by atoms with Gasteiger partial charge in [0.1, 0.15) is 5.70 Å². The number of nitro benzene ring substituents is 2. The van der Waals surface area contributed by atoms with Gasteiger partial charge in [-0.15, -0.1) is 0 Å². The maximum Gasteiger partial charge on any atom is 0.337 e. The Balaban J connectivity index is 2.63. The maximum absolute atomic E-state index is 12.5. The number of amides is 1. The summed E-state index contributed by atoms with van der Waals surface area (Å²) in [7, 11) is 1.09. The molecule has 2 N–H and O–H groups in total. The van der Waals surface area contributed by atoms with E-state index in [1.54, 1.807) is 0 Å². The van der Waals surface area contributed by atoms with Gasteiger partial charge in [-0.25, -0.2) is 4.79 Å². The first-order valence-corrected chi connectivity index (χ1v) is 7.63. The number of carbonyl (C=O) groups is 2. The summed E-state index contributed by atoms with van der Waals surface area (Å²) in [5.41, 5.74) is -2.12. The summed E-state index contributed by atoms with van der Waals surface area (Å²) in [6.45, 7) is 0.708. The van der Waals surface area contributed by atoms with E-state index in [9.17, 15) is 29.8 Å². The van der Waals surface area contributed by atoms with Crippen LogP contribution in [0.1, 0.15) is 5.56 Å². The van der Waals surface area contributed by atoms with Gasteiger partial charge in [0.25, 0.3) is 11.6 Å². The maximum atomic E-state index is 12.5. The minimum absolute atomic E-state index is 0.0947. The number of anilines is 1. The molecule has 0 bridgehead atoms. The number of aliphatic hydroxyl groups is 1. The third kappa shape index (κ3) is 3.69. The highest BCUT2D eigenvalue weighted by Crippen LogP contribution is 2.38. The van der Waals surface area contributed by atoms with Crippen LogP contribution in [0.4, 0.5) is 17.1 Å². The van der Waals surface area contributed by atoms with Crippen molar-refractivity contribution in [2.45, 2.75) is 6.92 Å². The fraction of sp³-hybridized carbons (Fsp3) is 0.333. The van der Waals surface area contributed by atoms with Gasteiger partial charge in [-0.2, -0.15) is 0 Å². The summed E-state index contributed by atoms with van der Waals surface area (Å²) < 4.78 is 4.61. The lowest BCUT2D eigenvalue weighted by molar-refractivity contribution is -0.392. The number of nitrogens with zero attached hydrogens (tertiary/aromatic N) is 3. The van der Waals surface area contributed by atoms with Crippen molar-refractivity contribution in [3.05, 3.63) is 49.2 Å². The van der Waals surface area contributed by atoms with E-state index in [0.29, 0.717) is 0 Å². The van der Waals surface area contributed by atoms with Crippen LogP contribution < -0.4 is 5.32 Å². The Bertz CT molecular complexity index is 864. The Kier molecular flexibility index (Phi) is 5.70. The molecule has 0 fully saturated rings. The fourth-order valence-electron chi connectivity index (χ4n) is 2.67. The van der Waals surface area contributed by atoms with Crippen molar-refractivity contribution in [3.8, 4) is 0 Å². The van der Waals surface area contributed by atoms with Gasteiger partial charge in [0, 0.05) is 18.2 Å². The van der Waals surface area contributed by atoms with Gasteiger partial charge in [0.2, 0.25) is 0 Å². The zero-order valence-corrected chi connectivity index (χ0v) is 14.4. The summed E-state index contributed by atoms with van der Waals surface area (Å²) in [4.78, 5) is 46.7. The molecule has 1 aromatic rings. The van der Waals surface area contributed by atoms with Crippen LogP contribution in [0.15, 0.2) is 23.4 Å². The van der Waals surface area contributed by atoms with Crippen molar-refractivity contribution in [1.29, 1.82) is 0 Å². The third-order valence-electron chi connectivity index (χ3n) is 3.94. The number of esters is 1. The molecule has 0 atom stereocenters. The molecule has 1 amide bonds. The zero-order valence-electron chi connectivity index (χ0n) is 14.4. The summed E-state index contributed by atoms with van der Waals surface area (Å²) in [5, 5.41) is 34.2. The number of rotatable bonds is 7. The molecule has 0 aromatic heterocycles. The summed E-state index contributed by atoms with van der Waals surface area (Å²) >= 11 is 0. The van der Waals surface area contributed by atoms with Crippen LogP contribution in [0.25, 0.3) is 0 Å². The van der Waals surface area contributed by atoms with Crippen molar-refractivity contribution >= 4 is 28.9 Å². The first-order chi connectivity index (χ1) is 12.7. The molecule has 0 saturated heterocycles. The molecule has 0 radical (unpaired) electrons. The van der Waals surface area contributed by atoms with Crippen LogP contribution in [-0.2, 0) is 14.3 Å². The first kappa shape index (κ1) is 19.8. The van der Waals surface area contributed by atoms with E-state index in [-0.39, 0.29) is 36.5 Å². The van der Waals surface area contributed by atoms with Gasteiger partial charge in [0.15, 0.2) is 5.69 Å². The average Bonchev–Trinajstić information content (AvgIpc) is 2.90. The molecule has 12 heteroatoms. The van der Waals surface area contributed by atoms with E-state index in [1.807, 2.05) is 0 Å². The number of β-amino-alcohol motifs (C(OH)–C–C–N with tert-alkyl or cyclic N) is 1. The molecule has 0 spiro atoms. The smallest absolute Gasteiger partial charge is 0.337 e. The number of hydrogen-bond donors (Lipinski definition) is 2. The van der Waals surface area contributed by atoms with E-state index in [4.69, 9.17) is 5.11 Å². The largest absolute Gasteiger partial charge is 0.466 e. The second kappa shape index (κ2) is 7.78. The van der Waals surface area contributed by atoms with Gasteiger partial charge in [-0.1, -0.05) is 0 Å². The Morgan fingerprint density at radius 1 is 1.33 bits per heavy atom. The quantitative estimate of drug-likeness (QED) is 0.389. The third-order valence-corrected chi connectivity index (χ3v) is 3.94. The SMILES string of the molecule is COC(=O)C1=C(Nc2c([N+](=O)[O-])ccc(C)c2[N+](=O)[O-])C(=O)N(CCO)C1. The molecule has 0 unspecified atom stereocenters. The summed E-state index contributed by atoms with van der Waals surface area (Å²) in [5.74, 6) is -1.61. The highest BCUT2D eigenvalue weighted by molar-refractivity contribution is 6.09. The topological polar surface area (TPSA) is 165 Å². The molecule has 0 aliphatic carbocycles. The minimum atomic E-state index is -0.871. The first-order valence-electron chi connectivity index (χ1n) is 7.63.